The number of amides is 1. The lowest BCUT2D eigenvalue weighted by Gasteiger charge is -2.43. The number of nitrogens with one attached hydrogen (secondary N) is 1. The van der Waals surface area contributed by atoms with Crippen molar-refractivity contribution in [2.45, 2.75) is 37.6 Å². The van der Waals surface area contributed by atoms with Gasteiger partial charge in [-0.1, -0.05) is 48.5 Å². The van der Waals surface area contributed by atoms with Crippen LogP contribution in [0.15, 0.2) is 72.1 Å². The quantitative estimate of drug-likeness (QED) is 0.447. The van der Waals surface area contributed by atoms with Crippen molar-refractivity contribution in [1.82, 2.24) is 10.2 Å². The van der Waals surface area contributed by atoms with Crippen molar-refractivity contribution >= 4 is 35.3 Å². The van der Waals surface area contributed by atoms with E-state index in [0.29, 0.717) is 6.67 Å². The monoisotopic (exact) mass is 481 g/mol. The molecule has 1 aromatic heterocycles. The van der Waals surface area contributed by atoms with Crippen LogP contribution in [0.2, 0.25) is 0 Å². The molecule has 5 rings (SSSR count). The highest BCUT2D eigenvalue weighted by molar-refractivity contribution is 7.13. The maximum Gasteiger partial charge on any atom is 0.247 e. The third-order valence-corrected chi connectivity index (χ3v) is 7.97. The molecule has 1 spiro atoms. The second-order valence-corrected chi connectivity index (χ2v) is 9.84. The smallest absolute Gasteiger partial charge is 0.247 e. The molecule has 1 amide bonds. The first kappa shape index (κ1) is 23.8. The molecule has 3 heterocycles. The van der Waals surface area contributed by atoms with E-state index >= 15 is 0 Å². The molecule has 0 saturated carbocycles. The standard InChI is InChI=1S/C27H31N3OS.ClH/c31-26-27(30(21-28-26)23-11-2-1-3-12-23)15-18-29(19-16-27)17-7-6-10-22-9-4-5-13-24(22)25-14-8-20-32-25;/h1-5,8-9,11-14,20H,6-7,10,15-19,21H2,(H,28,31);1H. The van der Waals surface area contributed by atoms with E-state index in [-0.39, 0.29) is 23.9 Å². The van der Waals surface area contributed by atoms with Gasteiger partial charge in [0.1, 0.15) is 5.54 Å². The number of piperidine rings is 1. The Balaban J connectivity index is 0.00000259. The van der Waals surface area contributed by atoms with Gasteiger partial charge >= 0.3 is 0 Å². The molecule has 2 saturated heterocycles. The van der Waals surface area contributed by atoms with Crippen LogP contribution in [0.3, 0.4) is 0 Å². The summed E-state index contributed by atoms with van der Waals surface area (Å²) in [7, 11) is 0. The summed E-state index contributed by atoms with van der Waals surface area (Å²) in [6, 6.07) is 23.5. The Morgan fingerprint density at radius 3 is 2.42 bits per heavy atom. The number of benzene rings is 2. The zero-order valence-corrected chi connectivity index (χ0v) is 20.5. The largest absolute Gasteiger partial charge is 0.339 e. The number of carbonyl (C=O) groups excluding carboxylic acids is 1. The van der Waals surface area contributed by atoms with Crippen molar-refractivity contribution < 1.29 is 4.79 Å². The number of aryl methyl sites for hydroxylation is 1. The van der Waals surface area contributed by atoms with Gasteiger partial charge < -0.3 is 15.1 Å². The first-order chi connectivity index (χ1) is 15.8. The lowest BCUT2D eigenvalue weighted by Crippen LogP contribution is -2.56. The van der Waals surface area contributed by atoms with E-state index in [1.807, 2.05) is 17.4 Å². The third-order valence-electron chi connectivity index (χ3n) is 7.06. The van der Waals surface area contributed by atoms with Gasteiger partial charge in [-0.2, -0.15) is 0 Å². The van der Waals surface area contributed by atoms with Crippen LogP contribution in [0, 0.1) is 0 Å². The molecule has 4 nitrogen and oxygen atoms in total. The van der Waals surface area contributed by atoms with E-state index in [2.05, 4.69) is 81.2 Å². The van der Waals surface area contributed by atoms with Gasteiger partial charge in [0.05, 0.1) is 6.67 Å². The van der Waals surface area contributed by atoms with Crippen LogP contribution in [0.25, 0.3) is 10.4 Å². The van der Waals surface area contributed by atoms with Gasteiger partial charge in [0, 0.05) is 23.7 Å². The molecular formula is C27H32ClN3OS. The molecule has 0 unspecified atom stereocenters. The van der Waals surface area contributed by atoms with Crippen molar-refractivity contribution in [2.24, 2.45) is 0 Å². The summed E-state index contributed by atoms with van der Waals surface area (Å²) in [5, 5.41) is 5.25. The van der Waals surface area contributed by atoms with Crippen LogP contribution >= 0.6 is 23.7 Å². The Kier molecular flexibility index (Phi) is 7.74. The van der Waals surface area contributed by atoms with E-state index in [0.717, 1.165) is 44.6 Å². The zero-order chi connectivity index (χ0) is 21.8. The fraction of sp³-hybridized carbons (Fsp3) is 0.370. The Morgan fingerprint density at radius 1 is 0.909 bits per heavy atom. The van der Waals surface area contributed by atoms with Gasteiger partial charge in [0.15, 0.2) is 0 Å². The Morgan fingerprint density at radius 2 is 1.67 bits per heavy atom. The first-order valence-electron chi connectivity index (χ1n) is 11.7. The molecule has 3 aromatic rings. The van der Waals surface area contributed by atoms with Crippen LogP contribution in [0.4, 0.5) is 5.69 Å². The molecule has 6 heteroatoms. The van der Waals surface area contributed by atoms with Gasteiger partial charge in [-0.3, -0.25) is 4.79 Å². The minimum absolute atomic E-state index is 0. The highest BCUT2D eigenvalue weighted by Gasteiger charge is 2.50. The molecule has 174 valence electrons. The average Bonchev–Trinajstić information content (AvgIpc) is 3.48. The summed E-state index contributed by atoms with van der Waals surface area (Å²) in [4.78, 5) is 19.0. The molecule has 0 bridgehead atoms. The number of likely N-dealkylation sites (tertiary alicyclic amines) is 1. The third kappa shape index (κ3) is 4.96. The zero-order valence-electron chi connectivity index (χ0n) is 18.9. The van der Waals surface area contributed by atoms with Gasteiger partial charge in [0.2, 0.25) is 5.91 Å². The number of halogens is 1. The molecule has 2 aliphatic heterocycles. The Hall–Kier alpha value is -2.34. The van der Waals surface area contributed by atoms with Gasteiger partial charge in [-0.15, -0.1) is 23.7 Å². The number of unbranched alkanes of at least 4 members (excludes halogenated alkanes) is 1. The molecule has 33 heavy (non-hydrogen) atoms. The topological polar surface area (TPSA) is 35.6 Å². The van der Waals surface area contributed by atoms with Gasteiger partial charge in [0.25, 0.3) is 0 Å². The van der Waals surface area contributed by atoms with Crippen LogP contribution in [-0.2, 0) is 11.2 Å². The minimum Gasteiger partial charge on any atom is -0.339 e. The van der Waals surface area contributed by atoms with Crippen molar-refractivity contribution in [3.63, 3.8) is 0 Å². The van der Waals surface area contributed by atoms with Crippen molar-refractivity contribution in [2.75, 3.05) is 31.2 Å². The van der Waals surface area contributed by atoms with Crippen molar-refractivity contribution in [3.8, 4) is 10.4 Å². The first-order valence-corrected chi connectivity index (χ1v) is 12.6. The van der Waals surface area contributed by atoms with E-state index in [4.69, 9.17) is 0 Å². The summed E-state index contributed by atoms with van der Waals surface area (Å²) in [5.74, 6) is 0.200. The Labute approximate surface area is 207 Å². The van der Waals surface area contributed by atoms with Crippen LogP contribution in [0.5, 0.6) is 0 Å². The minimum atomic E-state index is -0.377. The number of carbonyl (C=O) groups is 1. The highest BCUT2D eigenvalue weighted by atomic mass is 35.5. The number of thiophene rings is 1. The normalized spacial score (nSPS) is 17.7. The second kappa shape index (κ2) is 10.7. The maximum atomic E-state index is 12.8. The average molecular weight is 482 g/mol. The summed E-state index contributed by atoms with van der Waals surface area (Å²) in [6.45, 7) is 3.71. The lowest BCUT2D eigenvalue weighted by atomic mass is 9.85. The summed E-state index contributed by atoms with van der Waals surface area (Å²) in [6.07, 6.45) is 5.31. The molecule has 2 fully saturated rings. The van der Waals surface area contributed by atoms with Crippen LogP contribution in [0.1, 0.15) is 31.2 Å². The molecule has 2 aromatic carbocycles. The van der Waals surface area contributed by atoms with Crippen molar-refractivity contribution in [1.29, 1.82) is 0 Å². The Bertz CT molecular complexity index is 1030. The number of rotatable bonds is 7. The maximum absolute atomic E-state index is 12.8. The molecule has 0 aliphatic carbocycles. The molecule has 0 atom stereocenters. The SMILES string of the molecule is Cl.O=C1NCN(c2ccccc2)C12CCN(CCCCc1ccccc1-c1cccs1)CC2. The fourth-order valence-corrected chi connectivity index (χ4v) is 6.03. The van der Waals surface area contributed by atoms with E-state index in [1.54, 1.807) is 0 Å². The number of para-hydroxylation sites is 1. The lowest BCUT2D eigenvalue weighted by molar-refractivity contribution is -0.125. The van der Waals surface area contributed by atoms with Gasteiger partial charge in [-0.05, 0) is 73.4 Å². The number of anilines is 1. The number of hydrogen-bond donors (Lipinski definition) is 1. The predicted octanol–water partition coefficient (Wildman–Crippen LogP) is 5.59. The van der Waals surface area contributed by atoms with Gasteiger partial charge in [-0.25, -0.2) is 0 Å². The van der Waals surface area contributed by atoms with Crippen LogP contribution in [-0.4, -0.2) is 42.6 Å². The highest BCUT2D eigenvalue weighted by Crippen LogP contribution is 2.36. The molecule has 2 aliphatic rings. The predicted molar refractivity (Wildman–Crippen MR) is 140 cm³/mol. The molecule has 0 radical (unpaired) electrons. The van der Waals surface area contributed by atoms with E-state index in [1.165, 1.54) is 28.8 Å². The second-order valence-electron chi connectivity index (χ2n) is 8.89. The molecule has 1 N–H and O–H groups in total. The van der Waals surface area contributed by atoms with Crippen LogP contribution < -0.4 is 10.2 Å². The van der Waals surface area contributed by atoms with E-state index < -0.39 is 0 Å². The number of nitrogens with zero attached hydrogens (tertiary/aromatic N) is 2. The van der Waals surface area contributed by atoms with E-state index in [9.17, 15) is 4.79 Å². The fourth-order valence-electron chi connectivity index (χ4n) is 5.24. The number of hydrogen-bond acceptors (Lipinski definition) is 4. The summed E-state index contributed by atoms with van der Waals surface area (Å²) < 4.78 is 0. The summed E-state index contributed by atoms with van der Waals surface area (Å²) in [5.41, 5.74) is 3.60. The summed E-state index contributed by atoms with van der Waals surface area (Å²) >= 11 is 1.82. The molecular weight excluding hydrogens is 450 g/mol. The van der Waals surface area contributed by atoms with Crippen molar-refractivity contribution in [3.05, 3.63) is 77.7 Å².